The number of nitriles is 1. The van der Waals surface area contributed by atoms with Gasteiger partial charge in [-0.15, -0.1) is 0 Å². The smallest absolute Gasteiger partial charge is 0.287 e. The van der Waals surface area contributed by atoms with Crippen molar-refractivity contribution in [3.05, 3.63) is 139 Å². The Morgan fingerprint density at radius 3 is 1.33 bits per heavy atom. The summed E-state index contributed by atoms with van der Waals surface area (Å²) in [6.45, 7) is 0. The number of nitrogens with zero attached hydrogens (tertiary/aromatic N) is 5. The van der Waals surface area contributed by atoms with Gasteiger partial charge in [-0.1, -0.05) is 48.6 Å². The quantitative estimate of drug-likeness (QED) is 0.124. The Morgan fingerprint density at radius 1 is 0.595 bits per heavy atom. The summed E-state index contributed by atoms with van der Waals surface area (Å²) >= 11 is 0. The van der Waals surface area contributed by atoms with Crippen LogP contribution in [0.25, 0.3) is 24.3 Å². The van der Waals surface area contributed by atoms with E-state index in [1.54, 1.807) is 18.2 Å². The first-order valence-electron chi connectivity index (χ1n) is 12.9. The van der Waals surface area contributed by atoms with E-state index in [4.69, 9.17) is 5.26 Å². The number of anilines is 2. The summed E-state index contributed by atoms with van der Waals surface area (Å²) in [4.78, 5) is 24.5. The van der Waals surface area contributed by atoms with E-state index < -0.39 is 9.85 Å². The lowest BCUT2D eigenvalue weighted by Gasteiger charge is -2.11. The maximum atomic E-state index is 10.8. The lowest BCUT2D eigenvalue weighted by Crippen LogP contribution is -2.07. The molecule has 0 saturated heterocycles. The molecule has 0 fully saturated rings. The van der Waals surface area contributed by atoms with Crippen LogP contribution in [0.1, 0.15) is 27.8 Å². The van der Waals surface area contributed by atoms with Crippen molar-refractivity contribution in [2.24, 2.45) is 0 Å². The van der Waals surface area contributed by atoms with Crippen LogP contribution in [-0.2, 0) is 0 Å². The Hall–Kier alpha value is -5.75. The molecule has 0 unspecified atom stereocenters. The fraction of sp³-hybridized carbons (Fsp3) is 0.121. The van der Waals surface area contributed by atoms with Crippen LogP contribution in [0.2, 0.25) is 0 Å². The molecule has 212 valence electrons. The van der Waals surface area contributed by atoms with Crippen LogP contribution < -0.4 is 9.80 Å². The molecule has 4 aromatic carbocycles. The second kappa shape index (κ2) is 14.6. The van der Waals surface area contributed by atoms with Crippen LogP contribution in [0, 0.1) is 31.6 Å². The molecule has 4 rings (SSSR count). The molecule has 0 spiro atoms. The van der Waals surface area contributed by atoms with Crippen molar-refractivity contribution in [1.29, 1.82) is 5.26 Å². The average Bonchev–Trinajstić information content (AvgIpc) is 2.99. The number of hydrogen-bond acceptors (Lipinski definition) is 7. The zero-order valence-electron chi connectivity index (χ0n) is 23.8. The maximum absolute atomic E-state index is 10.8. The van der Waals surface area contributed by atoms with Crippen molar-refractivity contribution in [3.63, 3.8) is 0 Å². The summed E-state index contributed by atoms with van der Waals surface area (Å²) in [7, 11) is 7.96. The molecule has 0 aliphatic rings. The molecule has 0 bridgehead atoms. The first kappa shape index (κ1) is 30.8. The van der Waals surface area contributed by atoms with Gasteiger partial charge >= 0.3 is 0 Å². The molecule has 0 aromatic heterocycles. The third-order valence-corrected chi connectivity index (χ3v) is 6.20. The van der Waals surface area contributed by atoms with Gasteiger partial charge in [-0.05, 0) is 70.8 Å². The number of rotatable bonds is 8. The lowest BCUT2D eigenvalue weighted by molar-refractivity contribution is -0.385. The zero-order chi connectivity index (χ0) is 30.6. The van der Waals surface area contributed by atoms with E-state index in [-0.39, 0.29) is 16.9 Å². The van der Waals surface area contributed by atoms with Gasteiger partial charge in [0.25, 0.3) is 11.4 Å². The summed E-state index contributed by atoms with van der Waals surface area (Å²) in [5, 5.41) is 30.3. The zero-order valence-corrected chi connectivity index (χ0v) is 23.8. The monoisotopic (exact) mass is 561 g/mol. The van der Waals surface area contributed by atoms with Gasteiger partial charge < -0.3 is 9.80 Å². The molecule has 9 nitrogen and oxygen atoms in total. The lowest BCUT2D eigenvalue weighted by atomic mass is 10.1. The van der Waals surface area contributed by atoms with Gasteiger partial charge in [0.1, 0.15) is 11.6 Å². The molecular weight excluding hydrogens is 530 g/mol. The van der Waals surface area contributed by atoms with Crippen molar-refractivity contribution in [2.75, 3.05) is 38.0 Å². The summed E-state index contributed by atoms with van der Waals surface area (Å²) in [6, 6.07) is 29.0. The number of non-ortho nitro benzene ring substituents is 1. The Balaban J connectivity index is 0.000000231. The predicted octanol–water partition coefficient (Wildman–Crippen LogP) is 7.53. The first-order valence-corrected chi connectivity index (χ1v) is 12.9. The molecule has 0 aliphatic heterocycles. The third-order valence-electron chi connectivity index (χ3n) is 6.20. The van der Waals surface area contributed by atoms with Crippen LogP contribution in [0.15, 0.2) is 91.0 Å². The van der Waals surface area contributed by atoms with Crippen LogP contribution in [0.5, 0.6) is 0 Å². The normalized spacial score (nSPS) is 10.5. The van der Waals surface area contributed by atoms with Gasteiger partial charge in [-0.25, -0.2) is 0 Å². The molecule has 0 saturated carbocycles. The summed E-state index contributed by atoms with van der Waals surface area (Å²) in [5.41, 5.74) is 6.06. The Morgan fingerprint density at radius 2 is 0.976 bits per heavy atom. The molecule has 0 N–H and O–H groups in total. The summed E-state index contributed by atoms with van der Waals surface area (Å²) < 4.78 is 0. The van der Waals surface area contributed by atoms with Gasteiger partial charge in [0.2, 0.25) is 0 Å². The van der Waals surface area contributed by atoms with Gasteiger partial charge in [0, 0.05) is 57.8 Å². The number of nitro benzene ring substituents is 2. The highest BCUT2D eigenvalue weighted by atomic mass is 16.6. The highest BCUT2D eigenvalue weighted by Crippen LogP contribution is 2.21. The number of benzene rings is 4. The summed E-state index contributed by atoms with van der Waals surface area (Å²) in [6.07, 6.45) is 7.66. The standard InChI is InChI=1S/C17H15N3O2.C16H16N2O2/c1-19(2)16-8-5-13(6-9-16)3-4-14-7-10-17(20(21)22)15(11-14)12-18;1-17(2)15-9-5-13(6-10-15)3-4-14-7-11-16(12-8-14)18(19)20/h3-11H,1-2H3;3-12H,1-2H3/b2*4-3+. The van der Waals surface area contributed by atoms with Crippen LogP contribution in [-0.4, -0.2) is 38.0 Å². The number of hydrogen-bond donors (Lipinski definition) is 0. The van der Waals surface area contributed by atoms with E-state index in [9.17, 15) is 20.2 Å². The van der Waals surface area contributed by atoms with Crippen molar-refractivity contribution < 1.29 is 9.85 Å². The average molecular weight is 562 g/mol. The van der Waals surface area contributed by atoms with Gasteiger partial charge in [-0.2, -0.15) is 5.26 Å². The third kappa shape index (κ3) is 8.89. The topological polar surface area (TPSA) is 117 Å². The highest BCUT2D eigenvalue weighted by molar-refractivity contribution is 5.72. The van der Waals surface area contributed by atoms with Gasteiger partial charge in [0.05, 0.1) is 9.85 Å². The number of nitro groups is 2. The summed E-state index contributed by atoms with van der Waals surface area (Å²) in [5.74, 6) is 0. The molecule has 0 heterocycles. The molecule has 0 atom stereocenters. The van der Waals surface area contributed by atoms with E-state index in [2.05, 4.69) is 12.1 Å². The SMILES string of the molecule is CN(C)c1ccc(/C=C/c2ccc([N+](=O)[O-])c(C#N)c2)cc1.CN(C)c1ccc(/C=C/c2ccc([N+](=O)[O-])cc2)cc1. The van der Waals surface area contributed by atoms with E-state index in [1.807, 2.05) is 105 Å². The highest BCUT2D eigenvalue weighted by Gasteiger charge is 2.12. The molecule has 4 aromatic rings. The van der Waals surface area contributed by atoms with Gasteiger partial charge in [-0.3, -0.25) is 20.2 Å². The van der Waals surface area contributed by atoms with Crippen molar-refractivity contribution in [3.8, 4) is 6.07 Å². The van der Waals surface area contributed by atoms with Crippen LogP contribution in [0.4, 0.5) is 22.7 Å². The van der Waals surface area contributed by atoms with Crippen molar-refractivity contribution in [1.82, 2.24) is 0 Å². The van der Waals surface area contributed by atoms with Crippen molar-refractivity contribution in [2.45, 2.75) is 0 Å². The second-order valence-corrected chi connectivity index (χ2v) is 9.63. The minimum atomic E-state index is -0.550. The molecule has 0 radical (unpaired) electrons. The molecule has 9 heteroatoms. The van der Waals surface area contributed by atoms with E-state index in [0.29, 0.717) is 0 Å². The first-order chi connectivity index (χ1) is 20.1. The molecule has 0 aliphatic carbocycles. The van der Waals surface area contributed by atoms with E-state index in [1.165, 1.54) is 24.3 Å². The van der Waals surface area contributed by atoms with Crippen LogP contribution >= 0.6 is 0 Å². The Bertz CT molecular complexity index is 1620. The second-order valence-electron chi connectivity index (χ2n) is 9.63. The Kier molecular flexibility index (Phi) is 10.7. The fourth-order valence-corrected chi connectivity index (χ4v) is 3.77. The maximum Gasteiger partial charge on any atom is 0.287 e. The molecular formula is C33H31N5O4. The fourth-order valence-electron chi connectivity index (χ4n) is 3.77. The predicted molar refractivity (Wildman–Crippen MR) is 170 cm³/mol. The largest absolute Gasteiger partial charge is 0.378 e. The van der Waals surface area contributed by atoms with Crippen LogP contribution in [0.3, 0.4) is 0 Å². The minimum Gasteiger partial charge on any atom is -0.378 e. The molecule has 42 heavy (non-hydrogen) atoms. The van der Waals surface area contributed by atoms with E-state index in [0.717, 1.165) is 33.6 Å². The van der Waals surface area contributed by atoms with E-state index >= 15 is 0 Å². The van der Waals surface area contributed by atoms with Crippen molar-refractivity contribution >= 4 is 47.1 Å². The Labute approximate surface area is 245 Å². The minimum absolute atomic E-state index is 0.0649. The molecule has 0 amide bonds. The van der Waals surface area contributed by atoms with Gasteiger partial charge in [0.15, 0.2) is 0 Å².